The number of ether oxygens (including phenoxy) is 1. The highest BCUT2D eigenvalue weighted by molar-refractivity contribution is 9.11. The van der Waals surface area contributed by atoms with Crippen LogP contribution in [0.15, 0.2) is 11.1 Å². The van der Waals surface area contributed by atoms with Gasteiger partial charge in [-0.05, 0) is 19.3 Å². The van der Waals surface area contributed by atoms with Crippen molar-refractivity contribution < 1.29 is 4.74 Å². The molecule has 0 bridgehead atoms. The van der Waals surface area contributed by atoms with E-state index in [9.17, 15) is 0 Å². The van der Waals surface area contributed by atoms with E-state index in [0.29, 0.717) is 6.61 Å². The average Bonchev–Trinajstić information content (AvgIpc) is 2.31. The van der Waals surface area contributed by atoms with E-state index >= 15 is 0 Å². The van der Waals surface area contributed by atoms with Crippen molar-refractivity contribution in [3.8, 4) is 0 Å². The molecule has 64 valence electrons. The van der Waals surface area contributed by atoms with Gasteiger partial charge >= 0.3 is 0 Å². The van der Waals surface area contributed by atoms with E-state index in [1.807, 2.05) is 0 Å². The second-order valence-corrected chi connectivity index (χ2v) is 4.08. The van der Waals surface area contributed by atoms with Crippen LogP contribution in [0, 0.1) is 0 Å². The van der Waals surface area contributed by atoms with Gasteiger partial charge in [0, 0.05) is 10.5 Å². The van der Waals surface area contributed by atoms with Gasteiger partial charge in [-0.1, -0.05) is 22.5 Å². The maximum atomic E-state index is 5.80. The van der Waals surface area contributed by atoms with Crippen LogP contribution in [-0.4, -0.2) is 18.8 Å². The van der Waals surface area contributed by atoms with Crippen LogP contribution in [0.3, 0.4) is 0 Å². The fourth-order valence-corrected chi connectivity index (χ4v) is 1.49. The lowest BCUT2D eigenvalue weighted by Crippen LogP contribution is -2.31. The summed E-state index contributed by atoms with van der Waals surface area (Å²) in [5.41, 5.74) is 5.80. The first-order valence-corrected chi connectivity index (χ1v) is 4.70. The van der Waals surface area contributed by atoms with Crippen molar-refractivity contribution in [3.05, 3.63) is 11.1 Å². The van der Waals surface area contributed by atoms with Crippen molar-refractivity contribution in [2.24, 2.45) is 5.73 Å². The first-order chi connectivity index (χ1) is 5.20. The molecule has 0 spiro atoms. The lowest BCUT2D eigenvalue weighted by atomic mass is 10.2. The fraction of sp³-hybridized carbons (Fsp3) is 0.750. The van der Waals surface area contributed by atoms with Crippen molar-refractivity contribution in [3.63, 3.8) is 0 Å². The quantitative estimate of drug-likeness (QED) is 0.786. The van der Waals surface area contributed by atoms with E-state index < -0.39 is 0 Å². The van der Waals surface area contributed by atoms with Gasteiger partial charge in [0.25, 0.3) is 0 Å². The molecule has 1 rings (SSSR count). The van der Waals surface area contributed by atoms with Crippen LogP contribution in [0.4, 0.5) is 0 Å². The van der Waals surface area contributed by atoms with Crippen molar-refractivity contribution in [1.29, 1.82) is 0 Å². The first kappa shape index (κ1) is 9.23. The Hall–Kier alpha value is 0.140. The Morgan fingerprint density at radius 2 is 2.36 bits per heavy atom. The molecule has 2 nitrogen and oxygen atoms in total. The number of nitrogens with two attached hydrogens (primary N) is 1. The summed E-state index contributed by atoms with van der Waals surface area (Å²) in [5.74, 6) is 0. The molecule has 2 atom stereocenters. The first-order valence-electron chi connectivity index (χ1n) is 3.90. The van der Waals surface area contributed by atoms with Gasteiger partial charge in [-0.25, -0.2) is 0 Å². The van der Waals surface area contributed by atoms with Gasteiger partial charge in [0.15, 0.2) is 0 Å². The van der Waals surface area contributed by atoms with Gasteiger partial charge in [0.2, 0.25) is 0 Å². The van der Waals surface area contributed by atoms with Gasteiger partial charge in [-0.2, -0.15) is 0 Å². The van der Waals surface area contributed by atoms with Crippen LogP contribution in [0.1, 0.15) is 19.3 Å². The SMILES string of the molecule is C=C(Br)COC1CCCC1N. The molecule has 0 aromatic carbocycles. The Balaban J connectivity index is 2.20. The third kappa shape index (κ3) is 2.93. The zero-order valence-electron chi connectivity index (χ0n) is 6.55. The van der Waals surface area contributed by atoms with Crippen LogP contribution in [-0.2, 0) is 4.74 Å². The molecular formula is C8H14BrNO. The van der Waals surface area contributed by atoms with Crippen molar-refractivity contribution >= 4 is 15.9 Å². The van der Waals surface area contributed by atoms with Gasteiger partial charge in [-0.3, -0.25) is 0 Å². The average molecular weight is 220 g/mol. The number of hydrogen-bond donors (Lipinski definition) is 1. The molecule has 2 N–H and O–H groups in total. The van der Waals surface area contributed by atoms with Crippen LogP contribution < -0.4 is 5.73 Å². The van der Waals surface area contributed by atoms with E-state index in [1.165, 1.54) is 6.42 Å². The molecular weight excluding hydrogens is 206 g/mol. The molecule has 0 amide bonds. The van der Waals surface area contributed by atoms with Crippen LogP contribution in [0.25, 0.3) is 0 Å². The largest absolute Gasteiger partial charge is 0.371 e. The van der Waals surface area contributed by atoms with Crippen molar-refractivity contribution in [2.45, 2.75) is 31.4 Å². The predicted molar refractivity (Wildman–Crippen MR) is 49.6 cm³/mol. The Morgan fingerprint density at radius 3 is 2.82 bits per heavy atom. The Morgan fingerprint density at radius 1 is 1.64 bits per heavy atom. The standard InChI is InChI=1S/C8H14BrNO/c1-6(9)5-11-8-4-2-3-7(8)10/h7-8H,1-5,10H2. The summed E-state index contributed by atoms with van der Waals surface area (Å²) < 4.78 is 6.39. The highest BCUT2D eigenvalue weighted by Gasteiger charge is 2.24. The Labute approximate surface area is 75.9 Å². The molecule has 3 heteroatoms. The molecule has 0 aliphatic heterocycles. The second-order valence-electron chi connectivity index (χ2n) is 2.96. The minimum atomic E-state index is 0.238. The number of rotatable bonds is 3. The van der Waals surface area contributed by atoms with Gasteiger partial charge in [0.05, 0.1) is 12.7 Å². The van der Waals surface area contributed by atoms with E-state index in [1.54, 1.807) is 0 Å². The summed E-state index contributed by atoms with van der Waals surface area (Å²) >= 11 is 3.24. The highest BCUT2D eigenvalue weighted by atomic mass is 79.9. The zero-order valence-corrected chi connectivity index (χ0v) is 8.14. The molecule has 2 unspecified atom stereocenters. The van der Waals surface area contributed by atoms with E-state index in [2.05, 4.69) is 22.5 Å². The normalized spacial score (nSPS) is 30.7. The summed E-state index contributed by atoms with van der Waals surface area (Å²) in [5, 5.41) is 0. The maximum Gasteiger partial charge on any atom is 0.0780 e. The molecule has 0 heterocycles. The van der Waals surface area contributed by atoms with Gasteiger partial charge < -0.3 is 10.5 Å². The molecule has 1 saturated carbocycles. The monoisotopic (exact) mass is 219 g/mol. The molecule has 1 aliphatic carbocycles. The molecule has 1 aliphatic rings. The maximum absolute atomic E-state index is 5.80. The molecule has 0 saturated heterocycles. The van der Waals surface area contributed by atoms with Gasteiger partial charge in [0.1, 0.15) is 0 Å². The number of hydrogen-bond acceptors (Lipinski definition) is 2. The fourth-order valence-electron chi connectivity index (χ4n) is 1.36. The number of halogens is 1. The Kier molecular flexibility index (Phi) is 3.55. The third-order valence-corrected chi connectivity index (χ3v) is 2.19. The summed E-state index contributed by atoms with van der Waals surface area (Å²) in [6.07, 6.45) is 3.64. The molecule has 0 aromatic heterocycles. The zero-order chi connectivity index (χ0) is 8.27. The second kappa shape index (κ2) is 4.24. The van der Waals surface area contributed by atoms with Gasteiger partial charge in [-0.15, -0.1) is 0 Å². The molecule has 11 heavy (non-hydrogen) atoms. The predicted octanol–water partition coefficient (Wildman–Crippen LogP) is 1.79. The smallest absolute Gasteiger partial charge is 0.0780 e. The topological polar surface area (TPSA) is 35.2 Å². The molecule has 0 radical (unpaired) electrons. The van der Waals surface area contributed by atoms with Crippen molar-refractivity contribution in [2.75, 3.05) is 6.61 Å². The highest BCUT2D eigenvalue weighted by Crippen LogP contribution is 2.21. The lowest BCUT2D eigenvalue weighted by molar-refractivity contribution is 0.0676. The van der Waals surface area contributed by atoms with Crippen LogP contribution in [0.2, 0.25) is 0 Å². The van der Waals surface area contributed by atoms with Crippen molar-refractivity contribution in [1.82, 2.24) is 0 Å². The van der Waals surface area contributed by atoms with E-state index in [-0.39, 0.29) is 12.1 Å². The summed E-state index contributed by atoms with van der Waals surface area (Å²) in [6.45, 7) is 4.27. The molecule has 1 fully saturated rings. The summed E-state index contributed by atoms with van der Waals surface area (Å²) in [4.78, 5) is 0. The van der Waals surface area contributed by atoms with Crippen LogP contribution in [0.5, 0.6) is 0 Å². The minimum absolute atomic E-state index is 0.238. The third-order valence-electron chi connectivity index (χ3n) is 1.96. The van der Waals surface area contributed by atoms with Crippen LogP contribution >= 0.6 is 15.9 Å². The molecule has 0 aromatic rings. The Bertz CT molecular complexity index is 149. The minimum Gasteiger partial charge on any atom is -0.371 e. The van der Waals surface area contributed by atoms with E-state index in [4.69, 9.17) is 10.5 Å². The van der Waals surface area contributed by atoms with E-state index in [0.717, 1.165) is 17.3 Å². The summed E-state index contributed by atoms with van der Waals surface area (Å²) in [6, 6.07) is 0.238. The lowest BCUT2D eigenvalue weighted by Gasteiger charge is -2.15. The summed E-state index contributed by atoms with van der Waals surface area (Å²) in [7, 11) is 0.